The number of hydrogen-bond donors (Lipinski definition) is 1. The van der Waals surface area contributed by atoms with Gasteiger partial charge in [-0.3, -0.25) is 4.79 Å². The molecule has 1 aliphatic rings. The fourth-order valence-corrected chi connectivity index (χ4v) is 3.56. The lowest BCUT2D eigenvalue weighted by molar-refractivity contribution is -0.137. The first-order valence-corrected chi connectivity index (χ1v) is 11.3. The molecule has 1 atom stereocenters. The third-order valence-electron chi connectivity index (χ3n) is 5.52. The van der Waals surface area contributed by atoms with Gasteiger partial charge < -0.3 is 19.3 Å². The molecule has 8 nitrogen and oxygen atoms in total. The molecule has 1 heterocycles. The van der Waals surface area contributed by atoms with Crippen LogP contribution in [0, 0.1) is 0 Å². The summed E-state index contributed by atoms with van der Waals surface area (Å²) in [6.07, 6.45) is 7.37. The second-order valence-electron chi connectivity index (χ2n) is 7.93. The van der Waals surface area contributed by atoms with Crippen LogP contribution >= 0.6 is 0 Å². The van der Waals surface area contributed by atoms with Crippen LogP contribution in [0.1, 0.15) is 25.1 Å². The zero-order valence-corrected chi connectivity index (χ0v) is 19.7. The van der Waals surface area contributed by atoms with Crippen LogP contribution in [0.25, 0.3) is 28.3 Å². The highest BCUT2D eigenvalue weighted by atomic mass is 16.5. The Labute approximate surface area is 203 Å². The summed E-state index contributed by atoms with van der Waals surface area (Å²) in [5.41, 5.74) is 2.58. The lowest BCUT2D eigenvalue weighted by Crippen LogP contribution is -2.10. The van der Waals surface area contributed by atoms with Gasteiger partial charge in [0, 0.05) is 30.2 Å². The Bertz CT molecular complexity index is 1220. The standard InChI is InChI=1S/C27H27N3O5/c1-33-21-11-5-18(6-12-21)25-28-26(19-7-13-22(34-2)14-8-19)30-27(29-25)20-9-15-23(16-10-20)35-17-3-4-24(31)32/h5-13,15-16,22H,3-4,14,17H2,1-2H3,(H,31,32). The summed E-state index contributed by atoms with van der Waals surface area (Å²) in [7, 11) is 3.32. The Morgan fingerprint density at radius 2 is 1.51 bits per heavy atom. The van der Waals surface area contributed by atoms with E-state index in [1.807, 2.05) is 60.7 Å². The smallest absolute Gasteiger partial charge is 0.303 e. The first kappa shape index (κ1) is 24.1. The summed E-state index contributed by atoms with van der Waals surface area (Å²) in [6.45, 7) is 0.339. The third kappa shape index (κ3) is 6.30. The van der Waals surface area contributed by atoms with Crippen molar-refractivity contribution in [3.63, 3.8) is 0 Å². The average Bonchev–Trinajstić information content (AvgIpc) is 2.91. The van der Waals surface area contributed by atoms with Crippen LogP contribution in [-0.2, 0) is 9.53 Å². The predicted octanol–water partition coefficient (Wildman–Crippen LogP) is 4.82. The highest BCUT2D eigenvalue weighted by molar-refractivity contribution is 5.73. The number of carbonyl (C=O) groups is 1. The van der Waals surface area contributed by atoms with Gasteiger partial charge in [-0.15, -0.1) is 0 Å². The van der Waals surface area contributed by atoms with E-state index in [9.17, 15) is 4.79 Å². The molecule has 0 bridgehead atoms. The van der Waals surface area contributed by atoms with Gasteiger partial charge in [-0.1, -0.05) is 18.2 Å². The summed E-state index contributed by atoms with van der Waals surface area (Å²) >= 11 is 0. The van der Waals surface area contributed by atoms with Gasteiger partial charge in [0.25, 0.3) is 0 Å². The van der Waals surface area contributed by atoms with E-state index in [0.717, 1.165) is 28.9 Å². The summed E-state index contributed by atoms with van der Waals surface area (Å²) in [5, 5.41) is 8.75. The van der Waals surface area contributed by atoms with Gasteiger partial charge in [0.1, 0.15) is 11.5 Å². The quantitative estimate of drug-likeness (QED) is 0.418. The number of carboxylic acid groups (broad SMARTS) is 1. The molecular formula is C27H27N3O5. The summed E-state index contributed by atoms with van der Waals surface area (Å²) in [5.74, 6) is 2.27. The summed E-state index contributed by atoms with van der Waals surface area (Å²) in [4.78, 5) is 24.9. The maximum atomic E-state index is 10.7. The van der Waals surface area contributed by atoms with Crippen molar-refractivity contribution in [2.75, 3.05) is 20.8 Å². The lowest BCUT2D eigenvalue weighted by atomic mass is 10.0. The molecule has 35 heavy (non-hydrogen) atoms. The minimum atomic E-state index is -0.831. The third-order valence-corrected chi connectivity index (χ3v) is 5.52. The second-order valence-corrected chi connectivity index (χ2v) is 7.93. The van der Waals surface area contributed by atoms with E-state index in [4.69, 9.17) is 34.3 Å². The van der Waals surface area contributed by atoms with Crippen LogP contribution < -0.4 is 9.47 Å². The van der Waals surface area contributed by atoms with Crippen molar-refractivity contribution in [2.24, 2.45) is 0 Å². The van der Waals surface area contributed by atoms with Crippen molar-refractivity contribution in [1.82, 2.24) is 15.0 Å². The van der Waals surface area contributed by atoms with Crippen molar-refractivity contribution in [3.8, 4) is 34.3 Å². The molecule has 1 unspecified atom stereocenters. The predicted molar refractivity (Wildman–Crippen MR) is 132 cm³/mol. The molecule has 0 amide bonds. The Morgan fingerprint density at radius 1 is 0.914 bits per heavy atom. The molecule has 1 aromatic heterocycles. The van der Waals surface area contributed by atoms with Crippen LogP contribution in [0.3, 0.4) is 0 Å². The number of hydrogen-bond acceptors (Lipinski definition) is 7. The maximum absolute atomic E-state index is 10.7. The van der Waals surface area contributed by atoms with E-state index >= 15 is 0 Å². The largest absolute Gasteiger partial charge is 0.497 e. The number of ether oxygens (including phenoxy) is 3. The summed E-state index contributed by atoms with van der Waals surface area (Å²) < 4.78 is 16.3. The highest BCUT2D eigenvalue weighted by Crippen LogP contribution is 2.27. The number of nitrogens with zero attached hydrogens (tertiary/aromatic N) is 3. The number of carboxylic acids is 1. The van der Waals surface area contributed by atoms with Gasteiger partial charge in [-0.25, -0.2) is 15.0 Å². The Balaban J connectivity index is 1.63. The topological polar surface area (TPSA) is 104 Å². The number of allylic oxidation sites excluding steroid dienone is 2. The van der Waals surface area contributed by atoms with Crippen LogP contribution in [0.15, 0.2) is 66.8 Å². The van der Waals surface area contributed by atoms with Gasteiger partial charge in [0.15, 0.2) is 17.5 Å². The van der Waals surface area contributed by atoms with Crippen LogP contribution in [0.5, 0.6) is 11.5 Å². The minimum absolute atomic E-state index is 0.0455. The highest BCUT2D eigenvalue weighted by Gasteiger charge is 2.16. The van der Waals surface area contributed by atoms with Crippen molar-refractivity contribution < 1.29 is 24.1 Å². The Hall–Kier alpha value is -4.04. The molecule has 0 spiro atoms. The number of benzene rings is 2. The van der Waals surface area contributed by atoms with Crippen LogP contribution in [0.4, 0.5) is 0 Å². The molecule has 2 aromatic carbocycles. The minimum Gasteiger partial charge on any atom is -0.497 e. The van der Waals surface area contributed by atoms with Gasteiger partial charge in [-0.2, -0.15) is 0 Å². The number of methoxy groups -OCH3 is 2. The Kier molecular flexibility index (Phi) is 7.84. The Morgan fingerprint density at radius 3 is 2.03 bits per heavy atom. The fourth-order valence-electron chi connectivity index (χ4n) is 3.56. The number of aromatic nitrogens is 3. The van der Waals surface area contributed by atoms with E-state index < -0.39 is 5.97 Å². The first-order chi connectivity index (χ1) is 17.1. The van der Waals surface area contributed by atoms with E-state index in [1.165, 1.54) is 0 Å². The molecule has 4 rings (SSSR count). The SMILES string of the molecule is COc1ccc(-c2nc(C3=CCC(OC)C=C3)nc(-c3ccc(OCCCC(=O)O)cc3)n2)cc1. The molecule has 1 aliphatic carbocycles. The van der Waals surface area contributed by atoms with Gasteiger partial charge in [0.05, 0.1) is 19.8 Å². The number of aliphatic carboxylic acids is 1. The molecule has 3 aromatic rings. The van der Waals surface area contributed by atoms with Crippen molar-refractivity contribution in [2.45, 2.75) is 25.4 Å². The first-order valence-electron chi connectivity index (χ1n) is 11.3. The fraction of sp³-hybridized carbons (Fsp3) is 0.259. The molecule has 0 saturated heterocycles. The molecule has 0 aliphatic heterocycles. The molecule has 8 heteroatoms. The molecule has 1 N–H and O–H groups in total. The van der Waals surface area contributed by atoms with Crippen LogP contribution in [0.2, 0.25) is 0 Å². The average molecular weight is 474 g/mol. The second kappa shape index (κ2) is 11.4. The van der Waals surface area contributed by atoms with E-state index in [1.54, 1.807) is 14.2 Å². The van der Waals surface area contributed by atoms with Crippen molar-refractivity contribution in [1.29, 1.82) is 0 Å². The summed E-state index contributed by atoms with van der Waals surface area (Å²) in [6, 6.07) is 15.0. The van der Waals surface area contributed by atoms with E-state index in [2.05, 4.69) is 6.08 Å². The molecular weight excluding hydrogens is 446 g/mol. The van der Waals surface area contributed by atoms with Crippen molar-refractivity contribution in [3.05, 3.63) is 72.6 Å². The molecule has 0 fully saturated rings. The van der Waals surface area contributed by atoms with Gasteiger partial charge in [0.2, 0.25) is 0 Å². The van der Waals surface area contributed by atoms with Gasteiger partial charge >= 0.3 is 5.97 Å². The number of rotatable bonds is 10. The van der Waals surface area contributed by atoms with E-state index in [-0.39, 0.29) is 12.5 Å². The van der Waals surface area contributed by atoms with Gasteiger partial charge in [-0.05, 0) is 61.4 Å². The van der Waals surface area contributed by atoms with Crippen LogP contribution in [-0.4, -0.2) is 53.0 Å². The lowest BCUT2D eigenvalue weighted by Gasteiger charge is -2.15. The normalized spacial score (nSPS) is 14.9. The molecule has 180 valence electrons. The maximum Gasteiger partial charge on any atom is 0.303 e. The monoisotopic (exact) mass is 473 g/mol. The van der Waals surface area contributed by atoms with E-state index in [0.29, 0.717) is 36.3 Å². The zero-order chi connectivity index (χ0) is 24.6. The molecule has 0 radical (unpaired) electrons. The molecule has 0 saturated carbocycles. The van der Waals surface area contributed by atoms with Crippen molar-refractivity contribution >= 4 is 11.5 Å². The zero-order valence-electron chi connectivity index (χ0n) is 19.7.